The summed E-state index contributed by atoms with van der Waals surface area (Å²) in [6.45, 7) is 4.68. The summed E-state index contributed by atoms with van der Waals surface area (Å²) < 4.78 is 101. The third kappa shape index (κ3) is 6.09. The molecule has 2 aromatic carbocycles. The van der Waals surface area contributed by atoms with E-state index in [0.717, 1.165) is 12.1 Å². The molecule has 1 N–H and O–H groups in total. The van der Waals surface area contributed by atoms with Gasteiger partial charge in [0.1, 0.15) is 19.0 Å². The van der Waals surface area contributed by atoms with E-state index in [1.165, 1.54) is 13.0 Å². The molecular formula is C19H13BrF4O8S. The van der Waals surface area contributed by atoms with Gasteiger partial charge >= 0.3 is 22.1 Å². The quantitative estimate of drug-likeness (QED) is 0.0987. The van der Waals surface area contributed by atoms with E-state index in [1.54, 1.807) is 0 Å². The maximum atomic E-state index is 14.0. The van der Waals surface area contributed by atoms with E-state index in [-0.39, 0.29) is 34.6 Å². The van der Waals surface area contributed by atoms with E-state index >= 15 is 0 Å². The number of carbonyl (C=O) groups excluding carboxylic acids is 2. The molecule has 0 saturated heterocycles. The first kappa shape index (κ1) is 26.3. The fourth-order valence-electron chi connectivity index (χ4n) is 2.21. The topological polar surface area (TPSA) is 116 Å². The van der Waals surface area contributed by atoms with Gasteiger partial charge in [0.25, 0.3) is 0 Å². The van der Waals surface area contributed by atoms with E-state index in [0.29, 0.717) is 0 Å². The Morgan fingerprint density at radius 1 is 1.06 bits per heavy atom. The molecule has 0 aliphatic heterocycles. The van der Waals surface area contributed by atoms with Crippen molar-refractivity contribution in [1.29, 1.82) is 0 Å². The SMILES string of the molecule is C=C(C)C(=O)OCCOc1ccc(C(=O)Oc2c(F)c(F)c(S(=O)(=O)O)c(F)c2F)cc1Br. The molecule has 8 nitrogen and oxygen atoms in total. The summed E-state index contributed by atoms with van der Waals surface area (Å²) in [6, 6.07) is 3.40. The number of rotatable bonds is 8. The van der Waals surface area contributed by atoms with Crippen LogP contribution in [-0.2, 0) is 19.6 Å². The van der Waals surface area contributed by atoms with Gasteiger partial charge in [-0.25, -0.2) is 18.4 Å². The van der Waals surface area contributed by atoms with Crippen LogP contribution in [0.3, 0.4) is 0 Å². The predicted octanol–water partition coefficient (Wildman–Crippen LogP) is 3.97. The van der Waals surface area contributed by atoms with Crippen LogP contribution < -0.4 is 9.47 Å². The lowest BCUT2D eigenvalue weighted by molar-refractivity contribution is -0.139. The molecule has 0 amide bonds. The van der Waals surface area contributed by atoms with Crippen LogP contribution in [0.25, 0.3) is 0 Å². The van der Waals surface area contributed by atoms with E-state index in [9.17, 15) is 35.6 Å². The molecule has 0 saturated carbocycles. The van der Waals surface area contributed by atoms with Crippen molar-refractivity contribution < 1.29 is 54.3 Å². The predicted molar refractivity (Wildman–Crippen MR) is 106 cm³/mol. The maximum absolute atomic E-state index is 14.0. The molecule has 178 valence electrons. The van der Waals surface area contributed by atoms with E-state index in [2.05, 4.69) is 27.2 Å². The van der Waals surface area contributed by atoms with Crippen molar-refractivity contribution in [3.8, 4) is 11.5 Å². The highest BCUT2D eigenvalue weighted by Gasteiger charge is 2.34. The molecule has 0 aromatic heterocycles. The Hall–Kier alpha value is -2.97. The number of halogens is 5. The minimum Gasteiger partial charge on any atom is -0.489 e. The van der Waals surface area contributed by atoms with Crippen LogP contribution in [0.15, 0.2) is 39.7 Å². The maximum Gasteiger partial charge on any atom is 0.343 e. The Morgan fingerprint density at radius 2 is 1.64 bits per heavy atom. The molecule has 0 fully saturated rings. The largest absolute Gasteiger partial charge is 0.489 e. The van der Waals surface area contributed by atoms with Crippen molar-refractivity contribution in [2.45, 2.75) is 11.8 Å². The van der Waals surface area contributed by atoms with Crippen LogP contribution in [-0.4, -0.2) is 38.1 Å². The van der Waals surface area contributed by atoms with Crippen LogP contribution in [0.1, 0.15) is 17.3 Å². The van der Waals surface area contributed by atoms with Crippen LogP contribution in [0.4, 0.5) is 17.6 Å². The third-order valence-corrected chi connectivity index (χ3v) is 5.22. The lowest BCUT2D eigenvalue weighted by Crippen LogP contribution is -2.16. The van der Waals surface area contributed by atoms with Crippen LogP contribution in [0.2, 0.25) is 0 Å². The van der Waals surface area contributed by atoms with Gasteiger partial charge in [-0.15, -0.1) is 0 Å². The van der Waals surface area contributed by atoms with Crippen LogP contribution in [0, 0.1) is 23.3 Å². The van der Waals surface area contributed by atoms with E-state index in [4.69, 9.17) is 14.0 Å². The summed E-state index contributed by atoms with van der Waals surface area (Å²) in [7, 11) is -5.66. The fraction of sp³-hybridized carbons (Fsp3) is 0.158. The molecule has 0 spiro atoms. The first-order chi connectivity index (χ1) is 15.3. The molecule has 33 heavy (non-hydrogen) atoms. The summed E-state index contributed by atoms with van der Waals surface area (Å²) in [5.41, 5.74) is -0.152. The zero-order valence-corrected chi connectivity index (χ0v) is 18.9. The number of hydrogen-bond donors (Lipinski definition) is 1. The lowest BCUT2D eigenvalue weighted by atomic mass is 10.2. The van der Waals surface area contributed by atoms with Gasteiger partial charge in [-0.1, -0.05) is 6.58 Å². The smallest absolute Gasteiger partial charge is 0.343 e. The summed E-state index contributed by atoms with van der Waals surface area (Å²) in [4.78, 5) is 21.2. The van der Waals surface area contributed by atoms with Gasteiger partial charge in [0.15, 0.2) is 16.5 Å². The first-order valence-electron chi connectivity index (χ1n) is 8.56. The second-order valence-corrected chi connectivity index (χ2v) is 8.40. The molecule has 0 bridgehead atoms. The second-order valence-electron chi connectivity index (χ2n) is 6.19. The summed E-state index contributed by atoms with van der Waals surface area (Å²) in [6.07, 6.45) is 0. The van der Waals surface area contributed by atoms with Crippen molar-refractivity contribution in [1.82, 2.24) is 0 Å². The molecule has 0 atom stereocenters. The van der Waals surface area contributed by atoms with Crippen LogP contribution >= 0.6 is 15.9 Å². The number of carbonyl (C=O) groups is 2. The normalized spacial score (nSPS) is 11.1. The fourth-order valence-corrected chi connectivity index (χ4v) is 3.34. The molecule has 14 heteroatoms. The standard InChI is InChI=1S/C19H13BrF4O8S/c1-8(2)18(25)31-6-5-30-11-4-3-9(7-10(11)20)19(26)32-16-12(21)14(23)17(33(27,28)29)15(24)13(16)22/h3-4,7H,1,5-6H2,2H3,(H,27,28,29). The molecular weight excluding hydrogens is 544 g/mol. The Labute approximate surface area is 192 Å². The molecule has 0 heterocycles. The molecule has 0 aliphatic rings. The Bertz CT molecular complexity index is 1220. The minimum absolute atomic E-state index is 0.0729. The minimum atomic E-state index is -5.66. The monoisotopic (exact) mass is 556 g/mol. The Morgan fingerprint density at radius 3 is 2.12 bits per heavy atom. The van der Waals surface area contributed by atoms with Gasteiger partial charge in [-0.2, -0.15) is 17.2 Å². The van der Waals surface area contributed by atoms with Crippen molar-refractivity contribution in [2.75, 3.05) is 13.2 Å². The van der Waals surface area contributed by atoms with Crippen molar-refractivity contribution >= 4 is 38.0 Å². The number of hydrogen-bond acceptors (Lipinski definition) is 7. The van der Waals surface area contributed by atoms with Gasteiger partial charge in [-0.05, 0) is 41.1 Å². The molecule has 0 radical (unpaired) electrons. The summed E-state index contributed by atoms with van der Waals surface area (Å²) >= 11 is 3.07. The number of ether oxygens (including phenoxy) is 3. The zero-order chi connectivity index (χ0) is 25.1. The summed E-state index contributed by atoms with van der Waals surface area (Å²) in [5.74, 6) is -13.4. The van der Waals surface area contributed by atoms with Crippen molar-refractivity contribution in [3.63, 3.8) is 0 Å². The van der Waals surface area contributed by atoms with Crippen LogP contribution in [0.5, 0.6) is 11.5 Å². The number of benzene rings is 2. The highest BCUT2D eigenvalue weighted by molar-refractivity contribution is 9.10. The highest BCUT2D eigenvalue weighted by atomic mass is 79.9. The number of esters is 2. The summed E-state index contributed by atoms with van der Waals surface area (Å²) in [5, 5.41) is 0. The van der Waals surface area contributed by atoms with E-state index in [1.807, 2.05) is 0 Å². The zero-order valence-electron chi connectivity index (χ0n) is 16.5. The average Bonchev–Trinajstić information content (AvgIpc) is 2.72. The molecule has 0 unspecified atom stereocenters. The Balaban J connectivity index is 2.19. The van der Waals surface area contributed by atoms with Gasteiger partial charge in [0.05, 0.1) is 10.0 Å². The van der Waals surface area contributed by atoms with Gasteiger partial charge in [0.2, 0.25) is 17.4 Å². The van der Waals surface area contributed by atoms with E-state index < -0.39 is 56.0 Å². The van der Waals surface area contributed by atoms with Gasteiger partial charge < -0.3 is 14.2 Å². The highest BCUT2D eigenvalue weighted by Crippen LogP contribution is 2.33. The first-order valence-corrected chi connectivity index (χ1v) is 10.8. The van der Waals surface area contributed by atoms with Crippen molar-refractivity contribution in [2.24, 2.45) is 0 Å². The lowest BCUT2D eigenvalue weighted by Gasteiger charge is -2.12. The molecule has 2 rings (SSSR count). The van der Waals surface area contributed by atoms with Gasteiger partial charge in [-0.3, -0.25) is 4.55 Å². The molecule has 2 aromatic rings. The second kappa shape index (κ2) is 10.3. The third-order valence-electron chi connectivity index (χ3n) is 3.73. The Kier molecular flexibility index (Phi) is 8.21. The molecule has 0 aliphatic carbocycles. The average molecular weight is 557 g/mol. The van der Waals surface area contributed by atoms with Crippen molar-refractivity contribution in [3.05, 3.63) is 63.7 Å². The van der Waals surface area contributed by atoms with Gasteiger partial charge in [0, 0.05) is 5.57 Å².